The molecule has 3 heterocycles. The Morgan fingerprint density at radius 2 is 1.72 bits per heavy atom. The summed E-state index contributed by atoms with van der Waals surface area (Å²) in [6.07, 6.45) is 4.86. The van der Waals surface area contributed by atoms with Gasteiger partial charge in [-0.25, -0.2) is 14.8 Å². The highest BCUT2D eigenvalue weighted by molar-refractivity contribution is 6.36. The maximum Gasteiger partial charge on any atom is 0.198 e. The molecular formula is C26H26Cl2N8. The molecule has 0 aliphatic rings. The zero-order valence-electron chi connectivity index (χ0n) is 19.9. The van der Waals surface area contributed by atoms with E-state index in [1.807, 2.05) is 27.4 Å². The summed E-state index contributed by atoms with van der Waals surface area (Å²) in [5.41, 5.74) is 3.88. The lowest BCUT2D eigenvalue weighted by Gasteiger charge is -2.11. The van der Waals surface area contributed by atoms with E-state index in [-0.39, 0.29) is 0 Å². The van der Waals surface area contributed by atoms with E-state index < -0.39 is 0 Å². The van der Waals surface area contributed by atoms with Crippen LogP contribution in [-0.2, 0) is 25.8 Å². The summed E-state index contributed by atoms with van der Waals surface area (Å²) in [5.74, 6) is 2.37. The van der Waals surface area contributed by atoms with Gasteiger partial charge in [0.15, 0.2) is 11.6 Å². The van der Waals surface area contributed by atoms with Crippen molar-refractivity contribution in [2.45, 2.75) is 45.6 Å². The minimum Gasteiger partial charge on any atom is -0.296 e. The van der Waals surface area contributed by atoms with Crippen molar-refractivity contribution in [2.75, 3.05) is 0 Å². The summed E-state index contributed by atoms with van der Waals surface area (Å²) in [5, 5.41) is 19.8. The number of rotatable bonds is 10. The summed E-state index contributed by atoms with van der Waals surface area (Å²) in [6, 6.07) is 20.3. The number of aryl methyl sites for hydroxylation is 3. The second-order valence-electron chi connectivity index (χ2n) is 8.61. The van der Waals surface area contributed by atoms with Gasteiger partial charge >= 0.3 is 0 Å². The Morgan fingerprint density at radius 1 is 0.917 bits per heavy atom. The lowest BCUT2D eigenvalue weighted by molar-refractivity contribution is 0.613. The van der Waals surface area contributed by atoms with Crippen molar-refractivity contribution in [2.24, 2.45) is 0 Å². The van der Waals surface area contributed by atoms with E-state index in [0.29, 0.717) is 28.2 Å². The fourth-order valence-electron chi connectivity index (χ4n) is 4.18. The first-order chi connectivity index (χ1) is 17.6. The van der Waals surface area contributed by atoms with Gasteiger partial charge in [-0.05, 0) is 52.6 Å². The van der Waals surface area contributed by atoms with E-state index in [1.165, 1.54) is 5.56 Å². The van der Waals surface area contributed by atoms with Crippen molar-refractivity contribution in [3.05, 3.63) is 93.6 Å². The van der Waals surface area contributed by atoms with Crippen LogP contribution in [0.4, 0.5) is 0 Å². The molecule has 5 aromatic rings. The molecule has 5 rings (SSSR count). The summed E-state index contributed by atoms with van der Waals surface area (Å²) in [6.45, 7) is 2.84. The molecule has 0 amide bonds. The summed E-state index contributed by atoms with van der Waals surface area (Å²) in [4.78, 5) is 4.87. The molecule has 0 atom stereocenters. The van der Waals surface area contributed by atoms with Gasteiger partial charge in [-0.1, -0.05) is 79.0 Å². The zero-order chi connectivity index (χ0) is 24.9. The first-order valence-electron chi connectivity index (χ1n) is 12.0. The average Bonchev–Trinajstić information content (AvgIpc) is 3.62. The van der Waals surface area contributed by atoms with Gasteiger partial charge in [-0.15, -0.1) is 5.10 Å². The van der Waals surface area contributed by atoms with Gasteiger partial charge in [0, 0.05) is 18.5 Å². The van der Waals surface area contributed by atoms with Crippen LogP contribution in [-0.4, -0.2) is 40.0 Å². The minimum atomic E-state index is 0.446. The Kier molecular flexibility index (Phi) is 7.44. The Morgan fingerprint density at radius 3 is 2.44 bits per heavy atom. The van der Waals surface area contributed by atoms with Crippen LogP contribution in [0, 0.1) is 0 Å². The van der Waals surface area contributed by atoms with Gasteiger partial charge in [0.25, 0.3) is 0 Å². The van der Waals surface area contributed by atoms with Crippen LogP contribution in [0.1, 0.15) is 42.5 Å². The third kappa shape index (κ3) is 5.34. The Hall–Kier alpha value is -3.49. The lowest BCUT2D eigenvalue weighted by atomic mass is 10.1. The van der Waals surface area contributed by atoms with E-state index >= 15 is 0 Å². The highest BCUT2D eigenvalue weighted by atomic mass is 35.5. The second kappa shape index (κ2) is 11.1. The van der Waals surface area contributed by atoms with Gasteiger partial charge in [0.2, 0.25) is 0 Å². The van der Waals surface area contributed by atoms with Crippen LogP contribution >= 0.6 is 23.2 Å². The zero-order valence-corrected chi connectivity index (χ0v) is 21.4. The first kappa shape index (κ1) is 24.2. The molecule has 184 valence electrons. The topological polar surface area (TPSA) is 90.1 Å². The number of nitrogens with one attached hydrogen (secondary N) is 1. The van der Waals surface area contributed by atoms with Crippen molar-refractivity contribution >= 4 is 23.2 Å². The number of H-pyrrole nitrogens is 1. The van der Waals surface area contributed by atoms with E-state index in [2.05, 4.69) is 63.9 Å². The third-order valence-corrected chi connectivity index (χ3v) is 6.60. The number of benzene rings is 2. The van der Waals surface area contributed by atoms with Crippen molar-refractivity contribution in [3.8, 4) is 17.2 Å². The minimum absolute atomic E-state index is 0.446. The maximum absolute atomic E-state index is 6.49. The molecule has 0 saturated heterocycles. The molecule has 0 aliphatic heterocycles. The van der Waals surface area contributed by atoms with Crippen LogP contribution in [0.2, 0.25) is 10.2 Å². The number of unbranched alkanes of at least 4 members (excludes halogenated alkanes) is 1. The fourth-order valence-corrected chi connectivity index (χ4v) is 4.81. The van der Waals surface area contributed by atoms with Crippen molar-refractivity contribution in [1.82, 2.24) is 40.0 Å². The molecule has 0 spiro atoms. The first-order valence-corrected chi connectivity index (χ1v) is 12.7. The van der Waals surface area contributed by atoms with Crippen LogP contribution in [0.25, 0.3) is 17.2 Å². The van der Waals surface area contributed by atoms with Gasteiger partial charge in [-0.3, -0.25) is 4.57 Å². The van der Waals surface area contributed by atoms with E-state index in [0.717, 1.165) is 55.0 Å². The van der Waals surface area contributed by atoms with Crippen LogP contribution < -0.4 is 0 Å². The molecule has 0 fully saturated rings. The molecule has 0 radical (unpaired) electrons. The molecule has 2 aromatic carbocycles. The Balaban J connectivity index is 1.36. The van der Waals surface area contributed by atoms with Gasteiger partial charge in [-0.2, -0.15) is 5.10 Å². The number of aromatic nitrogens is 8. The van der Waals surface area contributed by atoms with Crippen LogP contribution in [0.15, 0.2) is 60.7 Å². The molecule has 0 unspecified atom stereocenters. The van der Waals surface area contributed by atoms with Gasteiger partial charge < -0.3 is 0 Å². The highest BCUT2D eigenvalue weighted by Gasteiger charge is 2.19. The standard InChI is InChI=1S/C26H26Cl2N8/c1-2-3-9-24-29-23(15-12-18-7-5-4-6-8-18)32-35(24)17-19-10-13-20(14-11-19)36-22(28)16-21(27)25(36)26-30-33-34-31-26/h4-8,10-11,13-14,16H,2-3,9,12,15,17H2,1H3,(H,30,31,33,34). The molecule has 8 nitrogen and oxygen atoms in total. The van der Waals surface area contributed by atoms with Gasteiger partial charge in [0.05, 0.1) is 11.6 Å². The summed E-state index contributed by atoms with van der Waals surface area (Å²) >= 11 is 12.9. The third-order valence-electron chi connectivity index (χ3n) is 6.03. The summed E-state index contributed by atoms with van der Waals surface area (Å²) in [7, 11) is 0. The molecular weight excluding hydrogens is 495 g/mol. The van der Waals surface area contributed by atoms with E-state index in [4.69, 9.17) is 33.3 Å². The molecule has 3 aromatic heterocycles. The average molecular weight is 521 g/mol. The number of hydrogen-bond donors (Lipinski definition) is 1. The molecule has 1 N–H and O–H groups in total. The number of aromatic amines is 1. The monoisotopic (exact) mass is 520 g/mol. The highest BCUT2D eigenvalue weighted by Crippen LogP contribution is 2.34. The SMILES string of the molecule is CCCCc1nc(CCc2ccccc2)nn1Cc1ccc(-n2c(Cl)cc(Cl)c2-c2nnn[nH]2)cc1. The number of hydrogen-bond acceptors (Lipinski definition) is 5. The van der Waals surface area contributed by atoms with Crippen LogP contribution in [0.5, 0.6) is 0 Å². The quantitative estimate of drug-likeness (QED) is 0.254. The largest absolute Gasteiger partial charge is 0.296 e. The molecule has 36 heavy (non-hydrogen) atoms. The number of tetrazole rings is 1. The normalized spacial score (nSPS) is 11.3. The number of halogens is 2. The Labute approximate surface area is 219 Å². The summed E-state index contributed by atoms with van der Waals surface area (Å²) < 4.78 is 3.86. The van der Waals surface area contributed by atoms with E-state index in [9.17, 15) is 0 Å². The molecule has 0 bridgehead atoms. The van der Waals surface area contributed by atoms with E-state index in [1.54, 1.807) is 6.07 Å². The Bertz CT molecular complexity index is 1410. The van der Waals surface area contributed by atoms with Crippen molar-refractivity contribution < 1.29 is 0 Å². The van der Waals surface area contributed by atoms with Gasteiger partial charge in [0.1, 0.15) is 16.7 Å². The molecule has 10 heteroatoms. The van der Waals surface area contributed by atoms with Crippen molar-refractivity contribution in [1.29, 1.82) is 0 Å². The second-order valence-corrected chi connectivity index (χ2v) is 9.40. The lowest BCUT2D eigenvalue weighted by Crippen LogP contribution is -2.08. The van der Waals surface area contributed by atoms with Crippen LogP contribution in [0.3, 0.4) is 0 Å². The molecule has 0 saturated carbocycles. The molecule has 0 aliphatic carbocycles. The fraction of sp³-hybridized carbons (Fsp3) is 0.269. The van der Waals surface area contributed by atoms with Crippen molar-refractivity contribution in [3.63, 3.8) is 0 Å². The maximum atomic E-state index is 6.49. The number of nitrogens with zero attached hydrogens (tertiary/aromatic N) is 7. The smallest absolute Gasteiger partial charge is 0.198 e. The predicted molar refractivity (Wildman–Crippen MR) is 141 cm³/mol. The predicted octanol–water partition coefficient (Wildman–Crippen LogP) is 5.73.